The van der Waals surface area contributed by atoms with Crippen LogP contribution in [0.15, 0.2) is 24.3 Å². The third-order valence-corrected chi connectivity index (χ3v) is 4.71. The summed E-state index contributed by atoms with van der Waals surface area (Å²) in [6.45, 7) is 2.20. The Balaban J connectivity index is 1.75. The summed E-state index contributed by atoms with van der Waals surface area (Å²) in [5.74, 6) is -0.393. The molecule has 0 spiro atoms. The number of aryl methyl sites for hydroxylation is 1. The minimum absolute atomic E-state index is 0.117. The molecule has 2 rings (SSSR count). The second kappa shape index (κ2) is 9.49. The molecular formula is C20H29NO2. The van der Waals surface area contributed by atoms with Crippen LogP contribution >= 0.6 is 0 Å². The van der Waals surface area contributed by atoms with Crippen molar-refractivity contribution >= 4 is 11.8 Å². The molecule has 3 heteroatoms. The van der Waals surface area contributed by atoms with Crippen LogP contribution in [0.3, 0.4) is 0 Å². The van der Waals surface area contributed by atoms with Crippen molar-refractivity contribution in [1.29, 1.82) is 0 Å². The number of amides is 2. The highest BCUT2D eigenvalue weighted by Gasteiger charge is 2.26. The smallest absolute Gasteiger partial charge is 0.234 e. The van der Waals surface area contributed by atoms with Crippen LogP contribution in [0, 0.1) is 0 Å². The lowest BCUT2D eigenvalue weighted by atomic mass is 9.82. The van der Waals surface area contributed by atoms with Gasteiger partial charge in [-0.3, -0.25) is 14.9 Å². The molecule has 0 bridgehead atoms. The molecule has 3 nitrogen and oxygen atoms in total. The summed E-state index contributed by atoms with van der Waals surface area (Å²) >= 11 is 0. The number of hydrogen-bond donors (Lipinski definition) is 1. The molecular weight excluding hydrogens is 286 g/mol. The lowest BCUT2D eigenvalue weighted by Crippen LogP contribution is -2.35. The summed E-state index contributed by atoms with van der Waals surface area (Å²) in [5, 5.41) is 2.61. The summed E-state index contributed by atoms with van der Waals surface area (Å²) in [6, 6.07) is 8.11. The monoisotopic (exact) mass is 315 g/mol. The van der Waals surface area contributed by atoms with Crippen molar-refractivity contribution in [2.45, 2.75) is 77.0 Å². The van der Waals surface area contributed by atoms with Gasteiger partial charge in [0.25, 0.3) is 0 Å². The average molecular weight is 315 g/mol. The molecule has 0 radical (unpaired) electrons. The van der Waals surface area contributed by atoms with E-state index < -0.39 is 0 Å². The van der Waals surface area contributed by atoms with Crippen LogP contribution in [0.2, 0.25) is 0 Å². The van der Waals surface area contributed by atoms with Gasteiger partial charge in [0, 0.05) is 6.42 Å². The van der Waals surface area contributed by atoms with E-state index in [4.69, 9.17) is 0 Å². The van der Waals surface area contributed by atoms with Crippen LogP contribution in [-0.4, -0.2) is 11.8 Å². The Morgan fingerprint density at radius 2 is 1.83 bits per heavy atom. The summed E-state index contributed by atoms with van der Waals surface area (Å²) in [7, 11) is 0. The van der Waals surface area contributed by atoms with Crippen molar-refractivity contribution in [3.8, 4) is 0 Å². The van der Waals surface area contributed by atoms with Crippen LogP contribution < -0.4 is 5.32 Å². The fourth-order valence-corrected chi connectivity index (χ4v) is 3.38. The molecule has 0 saturated heterocycles. The largest absolute Gasteiger partial charge is 0.296 e. The van der Waals surface area contributed by atoms with Gasteiger partial charge in [-0.1, -0.05) is 63.3 Å². The molecule has 1 atom stereocenters. The maximum absolute atomic E-state index is 12.4. The molecule has 1 aromatic rings. The number of benzene rings is 1. The van der Waals surface area contributed by atoms with Gasteiger partial charge in [0.2, 0.25) is 11.8 Å². The topological polar surface area (TPSA) is 46.2 Å². The molecule has 1 unspecified atom stereocenters. The van der Waals surface area contributed by atoms with Gasteiger partial charge in [0.15, 0.2) is 0 Å². The maximum atomic E-state index is 12.4. The molecule has 1 N–H and O–H groups in total. The number of imide groups is 1. The fourth-order valence-electron chi connectivity index (χ4n) is 3.38. The van der Waals surface area contributed by atoms with E-state index in [0.717, 1.165) is 37.7 Å². The minimum Gasteiger partial charge on any atom is -0.296 e. The van der Waals surface area contributed by atoms with E-state index in [0.29, 0.717) is 6.42 Å². The summed E-state index contributed by atoms with van der Waals surface area (Å²) in [6.07, 6.45) is 10.2. The van der Waals surface area contributed by atoms with Crippen LogP contribution in [0.1, 0.15) is 81.8 Å². The third-order valence-electron chi connectivity index (χ3n) is 4.71. The Morgan fingerprint density at radius 3 is 2.65 bits per heavy atom. The second-order valence-electron chi connectivity index (χ2n) is 6.57. The van der Waals surface area contributed by atoms with Crippen molar-refractivity contribution in [3.63, 3.8) is 0 Å². The van der Waals surface area contributed by atoms with Gasteiger partial charge < -0.3 is 0 Å². The first-order valence-corrected chi connectivity index (χ1v) is 9.14. The molecule has 1 aliphatic carbocycles. The zero-order valence-corrected chi connectivity index (χ0v) is 14.3. The van der Waals surface area contributed by atoms with E-state index >= 15 is 0 Å². The predicted octanol–water partition coefficient (Wildman–Crippen LogP) is 4.50. The van der Waals surface area contributed by atoms with Gasteiger partial charge in [-0.15, -0.1) is 0 Å². The van der Waals surface area contributed by atoms with Gasteiger partial charge in [-0.05, 0) is 36.8 Å². The maximum Gasteiger partial charge on any atom is 0.234 e. The third kappa shape index (κ3) is 5.49. The van der Waals surface area contributed by atoms with Gasteiger partial charge in [-0.2, -0.15) is 0 Å². The molecule has 2 amide bonds. The van der Waals surface area contributed by atoms with Crippen LogP contribution in [0.25, 0.3) is 0 Å². The minimum atomic E-state index is -0.159. The Hall–Kier alpha value is -1.64. The number of rotatable bonds is 8. The number of carbonyl (C=O) groups excluding carboxylic acids is 2. The quantitative estimate of drug-likeness (QED) is 0.718. The highest BCUT2D eigenvalue weighted by atomic mass is 16.2. The van der Waals surface area contributed by atoms with Crippen molar-refractivity contribution in [2.24, 2.45) is 0 Å². The molecule has 0 aliphatic heterocycles. The Bertz CT molecular complexity index is 524. The molecule has 126 valence electrons. The number of unbranched alkanes of at least 4 members (excludes halogenated alkanes) is 5. The van der Waals surface area contributed by atoms with Crippen molar-refractivity contribution in [1.82, 2.24) is 5.32 Å². The molecule has 1 aliphatic rings. The Morgan fingerprint density at radius 1 is 1.09 bits per heavy atom. The van der Waals surface area contributed by atoms with E-state index in [9.17, 15) is 9.59 Å². The van der Waals surface area contributed by atoms with E-state index in [1.165, 1.54) is 31.2 Å². The van der Waals surface area contributed by atoms with Crippen LogP contribution in [0.4, 0.5) is 0 Å². The van der Waals surface area contributed by atoms with Gasteiger partial charge in [0.1, 0.15) is 0 Å². The zero-order chi connectivity index (χ0) is 16.5. The van der Waals surface area contributed by atoms with Gasteiger partial charge in [-0.25, -0.2) is 0 Å². The molecule has 0 saturated carbocycles. The lowest BCUT2D eigenvalue weighted by Gasteiger charge is -2.24. The summed E-state index contributed by atoms with van der Waals surface area (Å²) in [4.78, 5) is 24.4. The van der Waals surface area contributed by atoms with Crippen molar-refractivity contribution in [3.05, 3.63) is 35.4 Å². The van der Waals surface area contributed by atoms with Crippen LogP contribution in [0.5, 0.6) is 0 Å². The standard InChI is InChI=1S/C20H29NO2/c1-2-3-4-5-6-7-15-19(22)21-20(23)18-14-10-12-16-11-8-9-13-17(16)18/h8-9,11,13,18H,2-7,10,12,14-15H2,1H3,(H,21,22,23). The summed E-state index contributed by atoms with van der Waals surface area (Å²) in [5.41, 5.74) is 2.35. The first-order valence-electron chi connectivity index (χ1n) is 9.14. The molecule has 1 aromatic carbocycles. The highest BCUT2D eigenvalue weighted by molar-refractivity contribution is 5.98. The number of hydrogen-bond acceptors (Lipinski definition) is 2. The van der Waals surface area contributed by atoms with Crippen molar-refractivity contribution < 1.29 is 9.59 Å². The van der Waals surface area contributed by atoms with E-state index in [1.54, 1.807) is 0 Å². The number of nitrogens with one attached hydrogen (secondary N) is 1. The normalized spacial score (nSPS) is 16.7. The molecule has 23 heavy (non-hydrogen) atoms. The predicted molar refractivity (Wildman–Crippen MR) is 93.3 cm³/mol. The lowest BCUT2D eigenvalue weighted by molar-refractivity contribution is -0.131. The first-order chi connectivity index (χ1) is 11.2. The molecule has 0 fully saturated rings. The highest BCUT2D eigenvalue weighted by Crippen LogP contribution is 2.31. The Kier molecular flexibility index (Phi) is 7.31. The fraction of sp³-hybridized carbons (Fsp3) is 0.600. The summed E-state index contributed by atoms with van der Waals surface area (Å²) < 4.78 is 0. The van der Waals surface area contributed by atoms with E-state index in [2.05, 4.69) is 18.3 Å². The SMILES string of the molecule is CCCCCCCCC(=O)NC(=O)C1CCCc2ccccc21. The van der Waals surface area contributed by atoms with E-state index in [-0.39, 0.29) is 17.7 Å². The number of carbonyl (C=O) groups is 2. The average Bonchev–Trinajstić information content (AvgIpc) is 2.57. The first kappa shape index (κ1) is 17.7. The molecule has 0 heterocycles. The zero-order valence-electron chi connectivity index (χ0n) is 14.3. The molecule has 0 aromatic heterocycles. The number of fused-ring (bicyclic) bond motifs is 1. The van der Waals surface area contributed by atoms with E-state index in [1.807, 2.05) is 18.2 Å². The van der Waals surface area contributed by atoms with Crippen molar-refractivity contribution in [2.75, 3.05) is 0 Å². The van der Waals surface area contributed by atoms with Crippen LogP contribution in [-0.2, 0) is 16.0 Å². The Labute approximate surface area is 139 Å². The van der Waals surface area contributed by atoms with Gasteiger partial charge >= 0.3 is 0 Å². The van der Waals surface area contributed by atoms with Gasteiger partial charge in [0.05, 0.1) is 5.92 Å². The second-order valence-corrected chi connectivity index (χ2v) is 6.57.